The molecule has 1 unspecified atom stereocenters. The van der Waals surface area contributed by atoms with E-state index < -0.39 is 47.9 Å². The third-order valence-electron chi connectivity index (χ3n) is 4.38. The van der Waals surface area contributed by atoms with Crippen LogP contribution in [0.1, 0.15) is 72.1 Å². The Bertz CT molecular complexity index is 648. The fourth-order valence-corrected chi connectivity index (χ4v) is 3.04. The molecule has 0 aromatic rings. The number of carbonyl (C=O) groups excluding carboxylic acids is 5. The van der Waals surface area contributed by atoms with Crippen molar-refractivity contribution < 1.29 is 38.3 Å². The smallest absolute Gasteiger partial charge is 0.408 e. The minimum absolute atomic E-state index is 0.0694. The van der Waals surface area contributed by atoms with Gasteiger partial charge in [-0.3, -0.25) is 14.4 Å². The Hall–Kier alpha value is -2.65. The predicted molar refractivity (Wildman–Crippen MR) is 97.9 cm³/mol. The monoisotopic (exact) mass is 412 g/mol. The minimum Gasteiger partial charge on any atom is -0.462 e. The lowest BCUT2D eigenvalue weighted by Gasteiger charge is -2.25. The number of hydrogen-bond acceptors (Lipinski definition) is 8. The first kappa shape index (κ1) is 22.6. The van der Waals surface area contributed by atoms with Crippen LogP contribution in [0, 0.1) is 0 Å². The Morgan fingerprint density at radius 1 is 1.07 bits per heavy atom. The Kier molecular flexibility index (Phi) is 7.58. The van der Waals surface area contributed by atoms with Crippen molar-refractivity contribution in [2.24, 2.45) is 0 Å². The van der Waals surface area contributed by atoms with Crippen molar-refractivity contribution in [1.29, 1.82) is 0 Å². The van der Waals surface area contributed by atoms with Gasteiger partial charge in [0.2, 0.25) is 0 Å². The molecule has 1 aliphatic carbocycles. The van der Waals surface area contributed by atoms with Crippen molar-refractivity contribution in [3.8, 4) is 0 Å². The van der Waals surface area contributed by atoms with Gasteiger partial charge in [0.05, 0.1) is 6.42 Å². The topological polar surface area (TPSA) is 128 Å². The number of hydroxylamine groups is 2. The van der Waals surface area contributed by atoms with Gasteiger partial charge in [0.15, 0.2) is 0 Å². The number of hydrogen-bond donors (Lipinski definition) is 1. The second kappa shape index (κ2) is 9.71. The zero-order valence-electron chi connectivity index (χ0n) is 17.0. The van der Waals surface area contributed by atoms with Crippen LogP contribution in [-0.2, 0) is 33.5 Å². The molecule has 3 amide bonds. The number of amides is 3. The van der Waals surface area contributed by atoms with E-state index in [0.29, 0.717) is 5.06 Å². The molecule has 2 aliphatic rings. The second-order valence-corrected chi connectivity index (χ2v) is 8.14. The summed E-state index contributed by atoms with van der Waals surface area (Å²) < 4.78 is 10.5. The molecule has 1 saturated carbocycles. The lowest BCUT2D eigenvalue weighted by Crippen LogP contribution is -2.48. The summed E-state index contributed by atoms with van der Waals surface area (Å²) in [6.45, 7) is 4.91. The van der Waals surface area contributed by atoms with Gasteiger partial charge >= 0.3 is 18.0 Å². The van der Waals surface area contributed by atoms with E-state index in [2.05, 4.69) is 5.32 Å². The molecule has 162 valence electrons. The third-order valence-corrected chi connectivity index (χ3v) is 4.38. The summed E-state index contributed by atoms with van der Waals surface area (Å²) in [4.78, 5) is 65.0. The number of nitrogens with zero attached hydrogens (tertiary/aromatic N) is 1. The van der Waals surface area contributed by atoms with Gasteiger partial charge in [0.1, 0.15) is 17.7 Å². The van der Waals surface area contributed by atoms with Crippen LogP contribution in [0.4, 0.5) is 4.79 Å². The van der Waals surface area contributed by atoms with Gasteiger partial charge in [0.25, 0.3) is 11.8 Å². The van der Waals surface area contributed by atoms with Crippen LogP contribution in [0.5, 0.6) is 0 Å². The van der Waals surface area contributed by atoms with Gasteiger partial charge < -0.3 is 19.6 Å². The van der Waals surface area contributed by atoms with Gasteiger partial charge in [-0.15, -0.1) is 5.06 Å². The first-order valence-electron chi connectivity index (χ1n) is 9.82. The first-order valence-corrected chi connectivity index (χ1v) is 9.82. The summed E-state index contributed by atoms with van der Waals surface area (Å²) in [5.74, 6) is -3.14. The van der Waals surface area contributed by atoms with Crippen LogP contribution in [0.25, 0.3) is 0 Å². The number of rotatable bonds is 6. The number of nitrogens with one attached hydrogen (secondary N) is 1. The maximum absolute atomic E-state index is 12.5. The number of esters is 1. The van der Waals surface area contributed by atoms with E-state index in [-0.39, 0.29) is 18.9 Å². The Morgan fingerprint density at radius 2 is 1.66 bits per heavy atom. The molecule has 0 aromatic carbocycles. The van der Waals surface area contributed by atoms with Gasteiger partial charge in [-0.05, 0) is 46.5 Å². The van der Waals surface area contributed by atoms with E-state index in [1.807, 2.05) is 0 Å². The van der Waals surface area contributed by atoms with Crippen LogP contribution >= 0.6 is 0 Å². The van der Waals surface area contributed by atoms with Crippen molar-refractivity contribution in [2.45, 2.75) is 89.9 Å². The molecule has 10 nitrogen and oxygen atoms in total. The predicted octanol–water partition coefficient (Wildman–Crippen LogP) is 1.75. The van der Waals surface area contributed by atoms with E-state index >= 15 is 0 Å². The molecule has 10 heteroatoms. The van der Waals surface area contributed by atoms with Crippen molar-refractivity contribution in [1.82, 2.24) is 10.4 Å². The first-order chi connectivity index (χ1) is 13.5. The molecule has 2 fully saturated rings. The highest BCUT2D eigenvalue weighted by Crippen LogP contribution is 2.21. The fraction of sp³-hybridized carbons (Fsp3) is 0.737. The number of alkyl carbamates (subject to hydrolysis) is 1. The molecule has 1 N–H and O–H groups in total. The van der Waals surface area contributed by atoms with Gasteiger partial charge in [-0.25, -0.2) is 9.59 Å². The summed E-state index contributed by atoms with van der Waals surface area (Å²) in [6, 6.07) is -1.47. The Morgan fingerprint density at radius 3 is 2.21 bits per heavy atom. The zero-order chi connectivity index (χ0) is 21.6. The molecule has 0 bridgehead atoms. The normalized spacial score (nSPS) is 18.9. The van der Waals surface area contributed by atoms with E-state index in [9.17, 15) is 24.0 Å². The average molecular weight is 412 g/mol. The standard InChI is InChI=1S/C19H28N2O8/c1-19(2,3)28-18(26)20-13(11-16(24)27-12-7-5-4-6-8-12)17(25)29-21-14(22)9-10-15(21)23/h12-13H,4-11H2,1-3H3,(H,20,26). The molecule has 1 aliphatic heterocycles. The molecule has 2 rings (SSSR count). The van der Waals surface area contributed by atoms with Crippen molar-refractivity contribution in [3.05, 3.63) is 0 Å². The van der Waals surface area contributed by atoms with Gasteiger partial charge in [0, 0.05) is 12.8 Å². The molecule has 0 spiro atoms. The Balaban J connectivity index is 2.01. The summed E-state index contributed by atoms with van der Waals surface area (Å²) >= 11 is 0. The number of carbonyl (C=O) groups is 5. The SMILES string of the molecule is CC(C)(C)OC(=O)NC(CC(=O)OC1CCCCC1)C(=O)ON1C(=O)CCC1=O. The highest BCUT2D eigenvalue weighted by Gasteiger charge is 2.37. The zero-order valence-corrected chi connectivity index (χ0v) is 17.0. The molecule has 1 saturated heterocycles. The second-order valence-electron chi connectivity index (χ2n) is 8.14. The summed E-state index contributed by atoms with van der Waals surface area (Å²) in [5, 5.41) is 2.62. The van der Waals surface area contributed by atoms with Crippen molar-refractivity contribution in [2.75, 3.05) is 0 Å². The quantitative estimate of drug-likeness (QED) is 0.516. The lowest BCUT2D eigenvalue weighted by molar-refractivity contribution is -0.199. The van der Waals surface area contributed by atoms with Crippen molar-refractivity contribution >= 4 is 29.8 Å². The Labute approximate surface area is 169 Å². The van der Waals surface area contributed by atoms with Crippen LogP contribution in [0.2, 0.25) is 0 Å². The molecule has 1 heterocycles. The van der Waals surface area contributed by atoms with Crippen molar-refractivity contribution in [3.63, 3.8) is 0 Å². The van der Waals surface area contributed by atoms with E-state index in [1.165, 1.54) is 0 Å². The lowest BCUT2D eigenvalue weighted by atomic mass is 9.98. The van der Waals surface area contributed by atoms with E-state index in [4.69, 9.17) is 14.3 Å². The maximum atomic E-state index is 12.5. The molecule has 1 atom stereocenters. The third kappa shape index (κ3) is 7.35. The van der Waals surface area contributed by atoms with E-state index in [1.54, 1.807) is 20.8 Å². The molecular weight excluding hydrogens is 384 g/mol. The average Bonchev–Trinajstić information content (AvgIpc) is 2.92. The van der Waals surface area contributed by atoms with Crippen LogP contribution in [-0.4, -0.2) is 52.7 Å². The molecular formula is C19H28N2O8. The maximum Gasteiger partial charge on any atom is 0.408 e. The molecule has 0 aromatic heterocycles. The van der Waals surface area contributed by atoms with Crippen LogP contribution in [0.15, 0.2) is 0 Å². The highest BCUT2D eigenvalue weighted by atomic mass is 16.7. The molecule has 29 heavy (non-hydrogen) atoms. The number of ether oxygens (including phenoxy) is 2. The fourth-order valence-electron chi connectivity index (χ4n) is 3.04. The highest BCUT2D eigenvalue weighted by molar-refractivity contribution is 6.02. The van der Waals surface area contributed by atoms with Crippen LogP contribution < -0.4 is 5.32 Å². The minimum atomic E-state index is -1.47. The van der Waals surface area contributed by atoms with E-state index in [0.717, 1.165) is 32.1 Å². The van der Waals surface area contributed by atoms with Crippen LogP contribution in [0.3, 0.4) is 0 Å². The summed E-state index contributed by atoms with van der Waals surface area (Å²) in [5.41, 5.74) is -0.831. The summed E-state index contributed by atoms with van der Waals surface area (Å²) in [7, 11) is 0. The van der Waals surface area contributed by atoms with Gasteiger partial charge in [-0.2, -0.15) is 0 Å². The largest absolute Gasteiger partial charge is 0.462 e. The summed E-state index contributed by atoms with van der Waals surface area (Å²) in [6.07, 6.45) is 2.68. The number of imide groups is 1. The van der Waals surface area contributed by atoms with Gasteiger partial charge in [-0.1, -0.05) is 6.42 Å². The molecule has 0 radical (unpaired) electrons.